The predicted octanol–water partition coefficient (Wildman–Crippen LogP) is 2.51. The van der Waals surface area contributed by atoms with E-state index in [1.807, 2.05) is 20.9 Å². The van der Waals surface area contributed by atoms with E-state index in [1.165, 1.54) is 16.8 Å². The van der Waals surface area contributed by atoms with Gasteiger partial charge >= 0.3 is 0 Å². The molecule has 1 aromatic rings. The Bertz CT molecular complexity index is 339. The van der Waals surface area contributed by atoms with E-state index in [2.05, 4.69) is 36.9 Å². The Balaban J connectivity index is 2.90. The average molecular weight is 207 g/mol. The fraction of sp³-hybridized carbons (Fsp3) is 0.538. The lowest BCUT2D eigenvalue weighted by atomic mass is 10.1. The van der Waals surface area contributed by atoms with Gasteiger partial charge in [-0.05, 0) is 44.9 Å². The molecule has 2 heteroatoms. The highest BCUT2D eigenvalue weighted by atomic mass is 16.3. The molecule has 0 aliphatic heterocycles. The van der Waals surface area contributed by atoms with E-state index < -0.39 is 5.60 Å². The summed E-state index contributed by atoms with van der Waals surface area (Å²) in [6.45, 7) is 8.47. The molecule has 0 atom stereocenters. The van der Waals surface area contributed by atoms with E-state index in [0.717, 1.165) is 0 Å². The summed E-state index contributed by atoms with van der Waals surface area (Å²) < 4.78 is 0. The minimum absolute atomic E-state index is 0.636. The van der Waals surface area contributed by atoms with Crippen molar-refractivity contribution in [3.8, 4) is 0 Å². The quantitative estimate of drug-likeness (QED) is 0.823. The Labute approximate surface area is 92.5 Å². The van der Waals surface area contributed by atoms with Crippen molar-refractivity contribution in [2.75, 3.05) is 18.5 Å². The molecule has 0 amide bonds. The largest absolute Gasteiger partial charge is 0.389 e. The zero-order valence-corrected chi connectivity index (χ0v) is 10.3. The molecule has 0 saturated carbocycles. The lowest BCUT2D eigenvalue weighted by molar-refractivity contribution is 0.0886. The number of hydrogen-bond acceptors (Lipinski definition) is 2. The number of nitrogens with zero attached hydrogens (tertiary/aromatic N) is 1. The van der Waals surface area contributed by atoms with Gasteiger partial charge in [-0.25, -0.2) is 0 Å². The van der Waals surface area contributed by atoms with Crippen LogP contribution in [0.2, 0.25) is 0 Å². The van der Waals surface area contributed by atoms with Crippen LogP contribution < -0.4 is 4.90 Å². The molecule has 0 radical (unpaired) electrons. The molecule has 0 fully saturated rings. The number of aryl methyl sites for hydroxylation is 2. The minimum Gasteiger partial charge on any atom is -0.389 e. The van der Waals surface area contributed by atoms with Gasteiger partial charge in [-0.1, -0.05) is 12.1 Å². The van der Waals surface area contributed by atoms with Gasteiger partial charge < -0.3 is 10.0 Å². The lowest BCUT2D eigenvalue weighted by Crippen LogP contribution is -2.36. The average Bonchev–Trinajstić information content (AvgIpc) is 2.06. The lowest BCUT2D eigenvalue weighted by Gasteiger charge is -2.28. The molecule has 0 spiro atoms. The van der Waals surface area contributed by atoms with Gasteiger partial charge in [-0.3, -0.25) is 0 Å². The smallest absolute Gasteiger partial charge is 0.0765 e. The number of anilines is 1. The van der Waals surface area contributed by atoms with Crippen LogP contribution in [-0.4, -0.2) is 24.3 Å². The molecule has 0 aliphatic rings. The van der Waals surface area contributed by atoms with Gasteiger partial charge in [0.1, 0.15) is 0 Å². The summed E-state index contributed by atoms with van der Waals surface area (Å²) in [5, 5.41) is 9.77. The fourth-order valence-corrected chi connectivity index (χ4v) is 1.80. The van der Waals surface area contributed by atoms with Crippen LogP contribution in [-0.2, 0) is 0 Å². The number of aliphatic hydroxyl groups is 1. The third-order valence-corrected chi connectivity index (χ3v) is 2.40. The maximum atomic E-state index is 9.77. The van der Waals surface area contributed by atoms with Gasteiger partial charge in [0.2, 0.25) is 0 Å². The highest BCUT2D eigenvalue weighted by Gasteiger charge is 2.16. The normalized spacial score (nSPS) is 11.6. The van der Waals surface area contributed by atoms with Gasteiger partial charge in [0, 0.05) is 19.3 Å². The second-order valence-corrected chi connectivity index (χ2v) is 4.96. The Morgan fingerprint density at radius 2 is 1.87 bits per heavy atom. The standard InChI is InChI=1S/C13H21NO/c1-10-6-7-11(2)12(8-10)14(5)9-13(3,4)15/h6-8,15H,9H2,1-5H3. The molecule has 1 aromatic carbocycles. The Morgan fingerprint density at radius 1 is 1.27 bits per heavy atom. The van der Waals surface area contributed by atoms with E-state index in [9.17, 15) is 5.11 Å². The highest BCUT2D eigenvalue weighted by Crippen LogP contribution is 2.21. The van der Waals surface area contributed by atoms with Crippen LogP contribution in [0.15, 0.2) is 18.2 Å². The zero-order valence-electron chi connectivity index (χ0n) is 10.3. The second kappa shape index (κ2) is 4.23. The van der Waals surface area contributed by atoms with Crippen LogP contribution >= 0.6 is 0 Å². The monoisotopic (exact) mass is 207 g/mol. The number of rotatable bonds is 3. The Kier molecular flexibility index (Phi) is 3.40. The third-order valence-electron chi connectivity index (χ3n) is 2.40. The predicted molar refractivity (Wildman–Crippen MR) is 65.5 cm³/mol. The summed E-state index contributed by atoms with van der Waals surface area (Å²) >= 11 is 0. The molecule has 1 N–H and O–H groups in total. The van der Waals surface area contributed by atoms with Crippen molar-refractivity contribution in [1.82, 2.24) is 0 Å². The molecule has 0 aliphatic carbocycles. The van der Waals surface area contributed by atoms with Crippen molar-refractivity contribution in [2.24, 2.45) is 0 Å². The molecule has 15 heavy (non-hydrogen) atoms. The van der Waals surface area contributed by atoms with Crippen LogP contribution in [0.3, 0.4) is 0 Å². The highest BCUT2D eigenvalue weighted by molar-refractivity contribution is 5.54. The molecule has 0 heterocycles. The summed E-state index contributed by atoms with van der Waals surface area (Å²) in [5.74, 6) is 0. The molecular formula is C13H21NO. The molecule has 2 nitrogen and oxygen atoms in total. The third kappa shape index (κ3) is 3.56. The van der Waals surface area contributed by atoms with Crippen molar-refractivity contribution in [2.45, 2.75) is 33.3 Å². The molecule has 0 saturated heterocycles. The number of benzene rings is 1. The summed E-state index contributed by atoms with van der Waals surface area (Å²) in [7, 11) is 2.01. The van der Waals surface area contributed by atoms with Crippen LogP contribution in [0.4, 0.5) is 5.69 Å². The first-order chi connectivity index (χ1) is 6.79. The molecule has 0 aromatic heterocycles. The van der Waals surface area contributed by atoms with Crippen molar-refractivity contribution in [1.29, 1.82) is 0 Å². The van der Waals surface area contributed by atoms with E-state index in [4.69, 9.17) is 0 Å². The first kappa shape index (κ1) is 12.1. The Morgan fingerprint density at radius 3 is 2.40 bits per heavy atom. The van der Waals surface area contributed by atoms with Gasteiger partial charge in [0.15, 0.2) is 0 Å². The minimum atomic E-state index is -0.662. The zero-order chi connectivity index (χ0) is 11.6. The van der Waals surface area contributed by atoms with Crippen LogP contribution in [0.1, 0.15) is 25.0 Å². The van der Waals surface area contributed by atoms with Gasteiger partial charge in [-0.15, -0.1) is 0 Å². The first-order valence-corrected chi connectivity index (χ1v) is 5.30. The van der Waals surface area contributed by atoms with Crippen molar-refractivity contribution in [3.63, 3.8) is 0 Å². The van der Waals surface area contributed by atoms with E-state index in [0.29, 0.717) is 6.54 Å². The van der Waals surface area contributed by atoms with Crippen LogP contribution in [0.25, 0.3) is 0 Å². The number of likely N-dealkylation sites (N-methyl/N-ethyl adjacent to an activating group) is 1. The summed E-state index contributed by atoms with van der Waals surface area (Å²) in [5.41, 5.74) is 3.02. The molecule has 1 rings (SSSR count). The van der Waals surface area contributed by atoms with Crippen LogP contribution in [0, 0.1) is 13.8 Å². The topological polar surface area (TPSA) is 23.5 Å². The molecule has 84 valence electrons. The SMILES string of the molecule is Cc1ccc(C)c(N(C)CC(C)(C)O)c1. The summed E-state index contributed by atoms with van der Waals surface area (Å²) in [6, 6.07) is 6.38. The molecular weight excluding hydrogens is 186 g/mol. The van der Waals surface area contributed by atoms with Crippen LogP contribution in [0.5, 0.6) is 0 Å². The van der Waals surface area contributed by atoms with E-state index in [1.54, 1.807) is 0 Å². The van der Waals surface area contributed by atoms with E-state index in [-0.39, 0.29) is 0 Å². The Hall–Kier alpha value is -1.02. The fourth-order valence-electron chi connectivity index (χ4n) is 1.80. The number of hydrogen-bond donors (Lipinski definition) is 1. The maximum Gasteiger partial charge on any atom is 0.0765 e. The van der Waals surface area contributed by atoms with Crippen molar-refractivity contribution < 1.29 is 5.11 Å². The van der Waals surface area contributed by atoms with Gasteiger partial charge in [0.25, 0.3) is 0 Å². The molecule has 0 bridgehead atoms. The summed E-state index contributed by atoms with van der Waals surface area (Å²) in [4.78, 5) is 2.10. The second-order valence-electron chi connectivity index (χ2n) is 4.96. The summed E-state index contributed by atoms with van der Waals surface area (Å²) in [6.07, 6.45) is 0. The maximum absolute atomic E-state index is 9.77. The van der Waals surface area contributed by atoms with Crippen molar-refractivity contribution >= 4 is 5.69 Å². The van der Waals surface area contributed by atoms with Gasteiger partial charge in [-0.2, -0.15) is 0 Å². The van der Waals surface area contributed by atoms with Crippen molar-refractivity contribution in [3.05, 3.63) is 29.3 Å². The first-order valence-electron chi connectivity index (χ1n) is 5.30. The van der Waals surface area contributed by atoms with Gasteiger partial charge in [0.05, 0.1) is 5.60 Å². The van der Waals surface area contributed by atoms with E-state index >= 15 is 0 Å². The molecule has 0 unspecified atom stereocenters.